The van der Waals surface area contributed by atoms with Crippen molar-refractivity contribution in [3.63, 3.8) is 0 Å². The van der Waals surface area contributed by atoms with Gasteiger partial charge in [-0.1, -0.05) is 15.9 Å². The molecule has 0 amide bonds. The molecule has 0 radical (unpaired) electrons. The first-order valence-electron chi connectivity index (χ1n) is 5.68. The van der Waals surface area contributed by atoms with Crippen LogP contribution >= 0.6 is 15.9 Å². The minimum Gasteiger partial charge on any atom is -0.443 e. The van der Waals surface area contributed by atoms with Crippen LogP contribution in [0.2, 0.25) is 0 Å². The summed E-state index contributed by atoms with van der Waals surface area (Å²) >= 11 is 2.87. The van der Waals surface area contributed by atoms with Crippen LogP contribution in [0.1, 0.15) is 24.9 Å². The van der Waals surface area contributed by atoms with Crippen LogP contribution in [-0.2, 0) is 4.74 Å². The standard InChI is InChI=1S/C10H12BrNO3/c1-10(2,3)15-9(14)12-5-4-7(11)6-8(12)13/h4-6H,1-3H3/i4D,5D,6D. The lowest BCUT2D eigenvalue weighted by atomic mass is 10.2. The predicted molar refractivity (Wildman–Crippen MR) is 60.0 cm³/mol. The van der Waals surface area contributed by atoms with Crippen LogP contribution < -0.4 is 5.56 Å². The summed E-state index contributed by atoms with van der Waals surface area (Å²) in [6, 6.07) is -0.965. The molecule has 0 N–H and O–H groups in total. The number of hydrogen-bond donors (Lipinski definition) is 0. The average Bonchev–Trinajstić information content (AvgIpc) is 2.21. The molecule has 15 heavy (non-hydrogen) atoms. The number of carbonyl (C=O) groups is 1. The minimum absolute atomic E-state index is 0.114. The van der Waals surface area contributed by atoms with Gasteiger partial charge in [-0.05, 0) is 26.8 Å². The minimum atomic E-state index is -1.06. The highest BCUT2D eigenvalue weighted by Crippen LogP contribution is 2.09. The van der Waals surface area contributed by atoms with Gasteiger partial charge in [0, 0.05) is 16.7 Å². The third-order valence-corrected chi connectivity index (χ3v) is 1.67. The molecule has 0 unspecified atom stereocenters. The van der Waals surface area contributed by atoms with Crippen molar-refractivity contribution in [2.75, 3.05) is 0 Å². The van der Waals surface area contributed by atoms with Crippen LogP contribution in [0.25, 0.3) is 0 Å². The first kappa shape index (κ1) is 8.10. The van der Waals surface area contributed by atoms with E-state index in [1.807, 2.05) is 0 Å². The molecule has 0 fully saturated rings. The van der Waals surface area contributed by atoms with Crippen molar-refractivity contribution in [3.8, 4) is 0 Å². The molecule has 1 aromatic heterocycles. The second-order valence-corrected chi connectivity index (χ2v) is 4.59. The summed E-state index contributed by atoms with van der Waals surface area (Å²) in [5.74, 6) is 0. The van der Waals surface area contributed by atoms with E-state index in [4.69, 9.17) is 8.85 Å². The van der Waals surface area contributed by atoms with E-state index in [1.165, 1.54) is 0 Å². The molecule has 1 aromatic rings. The first-order valence-corrected chi connectivity index (χ1v) is 4.97. The summed E-state index contributed by atoms with van der Waals surface area (Å²) in [6.07, 6.45) is -1.68. The summed E-state index contributed by atoms with van der Waals surface area (Å²) in [7, 11) is 0. The molecule has 0 atom stereocenters. The second kappa shape index (κ2) is 4.18. The molecule has 0 saturated heterocycles. The van der Waals surface area contributed by atoms with Gasteiger partial charge in [0.2, 0.25) is 0 Å². The maximum absolute atomic E-state index is 11.8. The summed E-state index contributed by atoms with van der Waals surface area (Å²) in [6.45, 7) is 4.84. The SMILES string of the molecule is [2H]c1c(Br)c([2H])c(=O)n(C(=O)OC(C)(C)C)c1[2H]. The molecular weight excluding hydrogens is 262 g/mol. The Morgan fingerprint density at radius 2 is 2.20 bits per heavy atom. The van der Waals surface area contributed by atoms with Gasteiger partial charge in [0.25, 0.3) is 5.56 Å². The van der Waals surface area contributed by atoms with Crippen LogP contribution in [0.4, 0.5) is 4.79 Å². The van der Waals surface area contributed by atoms with E-state index in [0.717, 1.165) is 0 Å². The molecule has 1 rings (SSSR count). The number of halogens is 1. The van der Waals surface area contributed by atoms with Crippen LogP contribution in [0, 0.1) is 0 Å². The Balaban J connectivity index is 3.43. The number of ether oxygens (including phenoxy) is 1. The summed E-state index contributed by atoms with van der Waals surface area (Å²) < 4.78 is 27.8. The molecule has 0 bridgehead atoms. The lowest BCUT2D eigenvalue weighted by Gasteiger charge is -2.19. The Bertz CT molecular complexity index is 563. The van der Waals surface area contributed by atoms with Gasteiger partial charge in [0.1, 0.15) is 5.60 Å². The largest absolute Gasteiger partial charge is 0.443 e. The van der Waals surface area contributed by atoms with Crippen molar-refractivity contribution in [3.05, 3.63) is 33.1 Å². The van der Waals surface area contributed by atoms with E-state index in [2.05, 4.69) is 15.9 Å². The highest BCUT2D eigenvalue weighted by Gasteiger charge is 2.18. The Kier molecular flexibility index (Phi) is 2.26. The molecule has 0 saturated carbocycles. The fourth-order valence-corrected chi connectivity index (χ4v) is 1.03. The van der Waals surface area contributed by atoms with Crippen LogP contribution in [0.15, 0.2) is 27.5 Å². The van der Waals surface area contributed by atoms with Gasteiger partial charge in [0.05, 0.1) is 4.11 Å². The lowest BCUT2D eigenvalue weighted by Crippen LogP contribution is -2.32. The van der Waals surface area contributed by atoms with E-state index in [9.17, 15) is 9.59 Å². The number of aromatic nitrogens is 1. The molecule has 1 heterocycles. The summed E-state index contributed by atoms with van der Waals surface area (Å²) in [4.78, 5) is 23.5. The molecule has 0 aromatic carbocycles. The van der Waals surface area contributed by atoms with Crippen molar-refractivity contribution in [2.24, 2.45) is 0 Å². The molecular formula is C10H12BrNO3. The van der Waals surface area contributed by atoms with Gasteiger partial charge in [-0.25, -0.2) is 9.36 Å². The third kappa shape index (κ3) is 3.51. The monoisotopic (exact) mass is 276 g/mol. The van der Waals surface area contributed by atoms with Gasteiger partial charge < -0.3 is 4.74 Å². The number of hydrogen-bond acceptors (Lipinski definition) is 3. The van der Waals surface area contributed by atoms with Gasteiger partial charge >= 0.3 is 6.09 Å². The zero-order valence-electron chi connectivity index (χ0n) is 11.5. The summed E-state index contributed by atoms with van der Waals surface area (Å²) in [5, 5.41) is 0. The fraction of sp³-hybridized carbons (Fsp3) is 0.400. The summed E-state index contributed by atoms with van der Waals surface area (Å²) in [5.41, 5.74) is -1.82. The zero-order chi connectivity index (χ0) is 14.2. The number of rotatable bonds is 0. The van der Waals surface area contributed by atoms with E-state index in [-0.39, 0.29) is 4.47 Å². The first-order chi connectivity index (χ1) is 8.06. The highest BCUT2D eigenvalue weighted by molar-refractivity contribution is 9.10. The van der Waals surface area contributed by atoms with Crippen molar-refractivity contribution >= 4 is 22.0 Å². The normalized spacial score (nSPS) is 14.0. The maximum atomic E-state index is 11.8. The average molecular weight is 277 g/mol. The van der Waals surface area contributed by atoms with Gasteiger partial charge in [0.15, 0.2) is 0 Å². The number of nitrogens with zero attached hydrogens (tertiary/aromatic N) is 1. The van der Waals surface area contributed by atoms with Crippen LogP contribution in [0.5, 0.6) is 0 Å². The third-order valence-electron chi connectivity index (χ3n) is 1.27. The predicted octanol–water partition coefficient (Wildman–Crippen LogP) is 2.39. The maximum Gasteiger partial charge on any atom is 0.421 e. The second-order valence-electron chi connectivity index (χ2n) is 3.80. The Hall–Kier alpha value is -1.10. The topological polar surface area (TPSA) is 48.3 Å². The number of carbonyl (C=O) groups excluding carboxylic acids is 1. The Morgan fingerprint density at radius 1 is 1.60 bits per heavy atom. The van der Waals surface area contributed by atoms with Crippen molar-refractivity contribution in [1.29, 1.82) is 0 Å². The van der Waals surface area contributed by atoms with Crippen molar-refractivity contribution in [1.82, 2.24) is 4.57 Å². The van der Waals surface area contributed by atoms with Crippen molar-refractivity contribution in [2.45, 2.75) is 26.4 Å². The molecule has 0 aliphatic rings. The molecule has 0 aliphatic heterocycles. The van der Waals surface area contributed by atoms with E-state index >= 15 is 0 Å². The highest BCUT2D eigenvalue weighted by atomic mass is 79.9. The van der Waals surface area contributed by atoms with Crippen LogP contribution in [-0.4, -0.2) is 16.3 Å². The molecule has 0 spiro atoms. The fourth-order valence-electron chi connectivity index (χ4n) is 0.773. The molecule has 5 heteroatoms. The zero-order valence-corrected chi connectivity index (χ0v) is 10.1. The van der Waals surface area contributed by atoms with Gasteiger partial charge in [-0.15, -0.1) is 0 Å². The van der Waals surface area contributed by atoms with Crippen LogP contribution in [0.3, 0.4) is 0 Å². The Labute approximate surface area is 100 Å². The molecule has 0 aliphatic carbocycles. The molecule has 82 valence electrons. The number of pyridine rings is 1. The smallest absolute Gasteiger partial charge is 0.421 e. The van der Waals surface area contributed by atoms with E-state index in [1.54, 1.807) is 20.8 Å². The lowest BCUT2D eigenvalue weighted by molar-refractivity contribution is 0.0530. The van der Waals surface area contributed by atoms with E-state index < -0.39 is 35.5 Å². The van der Waals surface area contributed by atoms with Crippen molar-refractivity contribution < 1.29 is 13.6 Å². The van der Waals surface area contributed by atoms with Gasteiger partial charge in [-0.2, -0.15) is 0 Å². The van der Waals surface area contributed by atoms with Gasteiger partial charge in [-0.3, -0.25) is 4.79 Å². The van der Waals surface area contributed by atoms with E-state index in [0.29, 0.717) is 4.57 Å². The Morgan fingerprint density at radius 3 is 2.73 bits per heavy atom. The molecule has 4 nitrogen and oxygen atoms in total. The quantitative estimate of drug-likeness (QED) is 0.731.